The molecule has 6 heteroatoms. The molecule has 6 nitrogen and oxygen atoms in total. The van der Waals surface area contributed by atoms with Crippen LogP contribution in [0.1, 0.15) is 42.1 Å². The van der Waals surface area contributed by atoms with Gasteiger partial charge in [-0.2, -0.15) is 0 Å². The van der Waals surface area contributed by atoms with E-state index in [1.165, 1.54) is 0 Å². The molecule has 3 rings (SSSR count). The Bertz CT molecular complexity index is 741. The summed E-state index contributed by atoms with van der Waals surface area (Å²) in [6.07, 6.45) is 4.17. The van der Waals surface area contributed by atoms with Crippen LogP contribution in [0, 0.1) is 13.8 Å². The minimum Gasteiger partial charge on any atom is -0.493 e. The molecule has 2 aromatic rings. The number of aromatic nitrogens is 3. The van der Waals surface area contributed by atoms with Crippen molar-refractivity contribution in [1.82, 2.24) is 19.7 Å². The number of carbonyl (C=O) groups is 1. The highest BCUT2D eigenvalue weighted by Gasteiger charge is 2.27. The zero-order valence-electron chi connectivity index (χ0n) is 15.2. The summed E-state index contributed by atoms with van der Waals surface area (Å²) in [6.45, 7) is 6.00. The summed E-state index contributed by atoms with van der Waals surface area (Å²) >= 11 is 0. The van der Waals surface area contributed by atoms with Gasteiger partial charge in [0.2, 0.25) is 5.91 Å². The van der Waals surface area contributed by atoms with Gasteiger partial charge in [-0.3, -0.25) is 4.79 Å². The number of nitrogens with zero attached hydrogens (tertiary/aromatic N) is 4. The highest BCUT2D eigenvalue weighted by Crippen LogP contribution is 2.25. The molecule has 0 N–H and O–H groups in total. The molecule has 1 amide bonds. The van der Waals surface area contributed by atoms with Crippen molar-refractivity contribution in [3.63, 3.8) is 0 Å². The molecule has 1 saturated heterocycles. The Morgan fingerprint density at radius 1 is 1.36 bits per heavy atom. The molecule has 1 aliphatic rings. The average molecular weight is 342 g/mol. The van der Waals surface area contributed by atoms with E-state index in [1.54, 1.807) is 6.33 Å². The first kappa shape index (κ1) is 17.5. The molecule has 1 aliphatic heterocycles. The van der Waals surface area contributed by atoms with Crippen molar-refractivity contribution in [2.75, 3.05) is 19.7 Å². The Kier molecular flexibility index (Phi) is 5.36. The molecule has 0 bridgehead atoms. The van der Waals surface area contributed by atoms with Crippen molar-refractivity contribution >= 4 is 5.91 Å². The fraction of sp³-hybridized carbons (Fsp3) is 0.526. The van der Waals surface area contributed by atoms with Gasteiger partial charge in [0.1, 0.15) is 17.9 Å². The maximum atomic E-state index is 12.5. The first-order chi connectivity index (χ1) is 12.0. The Balaban J connectivity index is 1.52. The first-order valence-corrected chi connectivity index (χ1v) is 8.86. The van der Waals surface area contributed by atoms with Gasteiger partial charge >= 0.3 is 0 Å². The van der Waals surface area contributed by atoms with Crippen LogP contribution in [-0.2, 0) is 11.8 Å². The van der Waals surface area contributed by atoms with Crippen LogP contribution < -0.4 is 4.74 Å². The normalized spacial score (nSPS) is 17.6. The Hall–Kier alpha value is -2.37. The molecule has 0 spiro atoms. The predicted octanol–water partition coefficient (Wildman–Crippen LogP) is 2.61. The quantitative estimate of drug-likeness (QED) is 0.838. The second kappa shape index (κ2) is 7.68. The van der Waals surface area contributed by atoms with Crippen LogP contribution in [-0.4, -0.2) is 45.3 Å². The molecule has 0 aliphatic carbocycles. The largest absolute Gasteiger partial charge is 0.493 e. The third-order valence-electron chi connectivity index (χ3n) is 4.80. The maximum absolute atomic E-state index is 12.5. The minimum absolute atomic E-state index is 0.150. The summed E-state index contributed by atoms with van der Waals surface area (Å²) in [5, 5.41) is 8.16. The van der Waals surface area contributed by atoms with Crippen LogP contribution in [0.15, 0.2) is 24.5 Å². The lowest BCUT2D eigenvalue weighted by Crippen LogP contribution is -2.40. The zero-order valence-corrected chi connectivity index (χ0v) is 15.2. The van der Waals surface area contributed by atoms with Crippen molar-refractivity contribution in [3.05, 3.63) is 41.5 Å². The van der Waals surface area contributed by atoms with Crippen LogP contribution >= 0.6 is 0 Å². The summed E-state index contributed by atoms with van der Waals surface area (Å²) in [6, 6.07) is 6.13. The molecule has 0 unspecified atom stereocenters. The lowest BCUT2D eigenvalue weighted by atomic mass is 9.97. The number of hydrogen-bond donors (Lipinski definition) is 0. The van der Waals surface area contributed by atoms with Crippen molar-refractivity contribution in [2.24, 2.45) is 7.05 Å². The van der Waals surface area contributed by atoms with E-state index in [9.17, 15) is 4.79 Å². The Labute approximate surface area is 148 Å². The number of ether oxygens (including phenoxy) is 1. The van der Waals surface area contributed by atoms with Gasteiger partial charge in [-0.25, -0.2) is 0 Å². The third-order valence-corrected chi connectivity index (χ3v) is 4.80. The van der Waals surface area contributed by atoms with Gasteiger partial charge in [0.15, 0.2) is 0 Å². The lowest BCUT2D eigenvalue weighted by molar-refractivity contribution is -0.133. The van der Waals surface area contributed by atoms with E-state index in [0.29, 0.717) is 13.0 Å². The van der Waals surface area contributed by atoms with Crippen LogP contribution in [0.4, 0.5) is 0 Å². The van der Waals surface area contributed by atoms with E-state index in [1.807, 2.05) is 42.5 Å². The van der Waals surface area contributed by atoms with Crippen molar-refractivity contribution < 1.29 is 9.53 Å². The van der Waals surface area contributed by atoms with Gasteiger partial charge < -0.3 is 14.2 Å². The predicted molar refractivity (Wildman–Crippen MR) is 95.6 cm³/mol. The number of likely N-dealkylation sites (tertiary alicyclic amines) is 1. The van der Waals surface area contributed by atoms with Gasteiger partial charge in [-0.1, -0.05) is 12.1 Å². The van der Waals surface area contributed by atoms with Crippen molar-refractivity contribution in [2.45, 2.75) is 39.0 Å². The van der Waals surface area contributed by atoms with E-state index in [4.69, 9.17) is 4.74 Å². The van der Waals surface area contributed by atoms with Crippen LogP contribution in [0.5, 0.6) is 5.75 Å². The van der Waals surface area contributed by atoms with Crippen LogP contribution in [0.3, 0.4) is 0 Å². The summed E-state index contributed by atoms with van der Waals surface area (Å²) in [5.41, 5.74) is 2.26. The van der Waals surface area contributed by atoms with Gasteiger partial charge in [0.05, 0.1) is 13.0 Å². The monoisotopic (exact) mass is 342 g/mol. The Morgan fingerprint density at radius 2 is 2.20 bits per heavy atom. The van der Waals surface area contributed by atoms with E-state index in [2.05, 4.69) is 16.3 Å². The number of carbonyl (C=O) groups excluding carboxylic acids is 1. The zero-order chi connectivity index (χ0) is 17.8. The van der Waals surface area contributed by atoms with Crippen molar-refractivity contribution in [1.29, 1.82) is 0 Å². The second-order valence-electron chi connectivity index (χ2n) is 6.85. The minimum atomic E-state index is 0.150. The van der Waals surface area contributed by atoms with Gasteiger partial charge in [0.25, 0.3) is 0 Å². The number of rotatable bonds is 5. The van der Waals surface area contributed by atoms with Gasteiger partial charge in [0, 0.05) is 26.1 Å². The number of hydrogen-bond acceptors (Lipinski definition) is 4. The van der Waals surface area contributed by atoms with Gasteiger partial charge in [-0.05, 0) is 43.9 Å². The molecule has 1 fully saturated rings. The summed E-state index contributed by atoms with van der Waals surface area (Å²) in [7, 11) is 1.95. The molecule has 134 valence electrons. The second-order valence-corrected chi connectivity index (χ2v) is 6.85. The van der Waals surface area contributed by atoms with E-state index in [-0.39, 0.29) is 11.8 Å². The van der Waals surface area contributed by atoms with Crippen molar-refractivity contribution in [3.8, 4) is 5.75 Å². The molecule has 0 radical (unpaired) electrons. The summed E-state index contributed by atoms with van der Waals surface area (Å²) < 4.78 is 7.77. The highest BCUT2D eigenvalue weighted by molar-refractivity contribution is 5.76. The van der Waals surface area contributed by atoms with Gasteiger partial charge in [-0.15, -0.1) is 10.2 Å². The SMILES string of the molecule is Cc1ccc(C)c(OCCC(=O)N2CCC[C@H](c3nncn3C)C2)c1. The Morgan fingerprint density at radius 3 is 2.96 bits per heavy atom. The van der Waals surface area contributed by atoms with E-state index in [0.717, 1.165) is 48.6 Å². The smallest absolute Gasteiger partial charge is 0.226 e. The topological polar surface area (TPSA) is 60.2 Å². The first-order valence-electron chi connectivity index (χ1n) is 8.86. The van der Waals surface area contributed by atoms with E-state index >= 15 is 0 Å². The van der Waals surface area contributed by atoms with Crippen LogP contribution in [0.25, 0.3) is 0 Å². The molecule has 2 heterocycles. The number of amides is 1. The standard InChI is InChI=1S/C19H26N4O2/c1-14-6-7-15(2)17(11-14)25-10-8-18(24)23-9-4-5-16(12-23)19-21-20-13-22(19)3/h6-7,11,13,16H,4-5,8-10,12H2,1-3H3/t16-/m0/s1. The average Bonchev–Trinajstić information content (AvgIpc) is 3.04. The summed E-state index contributed by atoms with van der Waals surface area (Å²) in [5.74, 6) is 2.25. The lowest BCUT2D eigenvalue weighted by Gasteiger charge is -2.32. The molecule has 1 aromatic carbocycles. The number of aryl methyl sites for hydroxylation is 3. The highest BCUT2D eigenvalue weighted by atomic mass is 16.5. The number of piperidine rings is 1. The molecular weight excluding hydrogens is 316 g/mol. The summed E-state index contributed by atoms with van der Waals surface area (Å²) in [4.78, 5) is 14.5. The van der Waals surface area contributed by atoms with Crippen LogP contribution in [0.2, 0.25) is 0 Å². The molecular formula is C19H26N4O2. The molecule has 1 atom stereocenters. The molecule has 0 saturated carbocycles. The molecule has 25 heavy (non-hydrogen) atoms. The fourth-order valence-electron chi connectivity index (χ4n) is 3.35. The molecule has 1 aromatic heterocycles. The maximum Gasteiger partial charge on any atom is 0.226 e. The third kappa shape index (κ3) is 4.18. The van der Waals surface area contributed by atoms with E-state index < -0.39 is 0 Å². The number of benzene rings is 1. The fourth-order valence-corrected chi connectivity index (χ4v) is 3.35.